The van der Waals surface area contributed by atoms with Crippen molar-refractivity contribution in [2.75, 3.05) is 75.2 Å². The molecule has 17 atom stereocenters. The average molecular weight is 861 g/mol. The number of methoxy groups -OCH3 is 1. The van der Waals surface area contributed by atoms with E-state index < -0.39 is 24.2 Å². The molecule has 0 radical (unpaired) electrons. The van der Waals surface area contributed by atoms with Gasteiger partial charge in [-0.25, -0.2) is 0 Å². The Morgan fingerprint density at radius 2 is 1.66 bits per heavy atom. The number of fused-ring (bicyclic) bond motifs is 2. The van der Waals surface area contributed by atoms with E-state index in [4.69, 9.17) is 9.57 Å². The van der Waals surface area contributed by atoms with E-state index in [9.17, 15) is 24.9 Å². The highest BCUT2D eigenvalue weighted by Crippen LogP contribution is 2.61. The maximum Gasteiger partial charge on any atom is 0.240 e. The number of carbonyl (C=O) groups excluding carboxylic acids is 2. The van der Waals surface area contributed by atoms with Gasteiger partial charge < -0.3 is 45.4 Å². The van der Waals surface area contributed by atoms with E-state index >= 15 is 0 Å². The lowest BCUT2D eigenvalue weighted by atomic mass is 9.45. The Hall–Kier alpha value is -1.42. The summed E-state index contributed by atoms with van der Waals surface area (Å²) in [5, 5.41) is 40.1. The summed E-state index contributed by atoms with van der Waals surface area (Å²) < 4.78 is 6.48. The molecule has 5 N–H and O–H groups in total. The first kappa shape index (κ1) is 49.0. The molecule has 0 spiro atoms. The van der Waals surface area contributed by atoms with Gasteiger partial charge in [-0.15, -0.1) is 0 Å². The molecule has 7 aliphatic rings. The SMILES string of the molecule is COC1C(CN2O[C@@H](CO)[C@@H]([C@H](C)O)[C@H]2C(=O)N[C@H]2C[C@H]3C[C@@H]([C@@H]2C)C3(C)C)CCCC1C1CC(C(=O)N[C@@H](CC2CCCCC2N(C)CCO)CN(C)C)CC(N(C)C)C1. The number of hydroxylamine groups is 2. The van der Waals surface area contributed by atoms with Crippen LogP contribution in [0.1, 0.15) is 111 Å². The van der Waals surface area contributed by atoms with Gasteiger partial charge in [-0.3, -0.25) is 14.4 Å². The standard InChI is InChI=1S/C48H88N6O7/c1-29-39-24-35(48(39,3)4)25-40(29)50-47(59)44-43(30(2)57)42(28-56)61-54(44)26-32-15-13-16-38(45(32)60-10)33-20-34(23-37(22-33)52(7)8)46(58)49-36(27-51(5)6)21-31-14-11-12-17-41(31)53(9)18-19-55/h29-45,55-57H,11-28H2,1-10H3,(H,49,58)(H,50,59)/t29-,30-,31?,32?,33?,34?,35+,36-,37?,38?,39-,40-,41?,42-,43+,44-,45?/m0/s1. The highest BCUT2D eigenvalue weighted by molar-refractivity contribution is 5.83. The van der Waals surface area contributed by atoms with Gasteiger partial charge in [-0.2, -0.15) is 5.06 Å². The predicted octanol–water partition coefficient (Wildman–Crippen LogP) is 3.84. The summed E-state index contributed by atoms with van der Waals surface area (Å²) in [6.07, 6.45) is 11.9. The van der Waals surface area contributed by atoms with Crippen molar-refractivity contribution in [2.45, 2.75) is 160 Å². The van der Waals surface area contributed by atoms with Crippen LogP contribution in [0.4, 0.5) is 0 Å². The van der Waals surface area contributed by atoms with Crippen LogP contribution in [0.2, 0.25) is 0 Å². The lowest BCUT2D eigenvalue weighted by Gasteiger charge is -2.62. The lowest BCUT2D eigenvalue weighted by Crippen LogP contribution is -2.62. The number of amides is 2. The minimum absolute atomic E-state index is 0.0530. The van der Waals surface area contributed by atoms with Crippen LogP contribution in [0.5, 0.6) is 0 Å². The quantitative estimate of drug-likeness (QED) is 0.137. The minimum atomic E-state index is -0.839. The number of aliphatic hydroxyl groups excluding tert-OH is 3. The zero-order valence-corrected chi connectivity index (χ0v) is 39.8. The second-order valence-electron chi connectivity index (χ2n) is 22.1. The number of likely N-dealkylation sites (N-methyl/N-ethyl adjacent to an activating group) is 2. The van der Waals surface area contributed by atoms with Crippen LogP contribution in [0.25, 0.3) is 0 Å². The van der Waals surface area contributed by atoms with Gasteiger partial charge in [0.05, 0.1) is 25.4 Å². The first-order chi connectivity index (χ1) is 29.0. The second kappa shape index (κ2) is 21.3. The number of aliphatic hydroxyl groups is 3. The first-order valence-corrected chi connectivity index (χ1v) is 24.5. The van der Waals surface area contributed by atoms with Crippen LogP contribution in [0, 0.1) is 58.7 Å². The van der Waals surface area contributed by atoms with Crippen LogP contribution >= 0.6 is 0 Å². The van der Waals surface area contributed by atoms with Gasteiger partial charge in [0.25, 0.3) is 0 Å². The molecule has 1 heterocycles. The number of hydrogen-bond acceptors (Lipinski definition) is 11. The molecule has 0 aromatic heterocycles. The molecule has 352 valence electrons. The molecule has 7 fully saturated rings. The number of nitrogens with one attached hydrogen (secondary N) is 2. The van der Waals surface area contributed by atoms with E-state index in [0.717, 1.165) is 70.8 Å². The zero-order valence-electron chi connectivity index (χ0n) is 39.8. The Morgan fingerprint density at radius 3 is 2.28 bits per heavy atom. The summed E-state index contributed by atoms with van der Waals surface area (Å²) in [6, 6.07) is 0.120. The number of nitrogens with zero attached hydrogens (tertiary/aromatic N) is 4. The Bertz CT molecular complexity index is 1420. The van der Waals surface area contributed by atoms with Crippen molar-refractivity contribution in [3.63, 3.8) is 0 Å². The van der Waals surface area contributed by atoms with Crippen molar-refractivity contribution < 1.29 is 34.5 Å². The summed E-state index contributed by atoms with van der Waals surface area (Å²) in [7, 11) is 12.4. The molecular formula is C48H88N6O7. The van der Waals surface area contributed by atoms with E-state index in [1.54, 1.807) is 12.0 Å². The molecule has 0 aromatic carbocycles. The number of hydrogen-bond donors (Lipinski definition) is 5. The van der Waals surface area contributed by atoms with Crippen molar-refractivity contribution in [3.05, 3.63) is 0 Å². The molecule has 1 aliphatic heterocycles. The van der Waals surface area contributed by atoms with E-state index in [2.05, 4.69) is 81.3 Å². The molecule has 61 heavy (non-hydrogen) atoms. The summed E-state index contributed by atoms with van der Waals surface area (Å²) >= 11 is 0. The van der Waals surface area contributed by atoms with Gasteiger partial charge in [-0.05, 0) is 147 Å². The van der Waals surface area contributed by atoms with Crippen molar-refractivity contribution >= 4 is 11.8 Å². The Morgan fingerprint density at radius 1 is 0.934 bits per heavy atom. The molecule has 8 unspecified atom stereocenters. The monoisotopic (exact) mass is 861 g/mol. The third kappa shape index (κ3) is 11.0. The molecule has 2 bridgehead atoms. The van der Waals surface area contributed by atoms with Crippen molar-refractivity contribution in [1.29, 1.82) is 0 Å². The van der Waals surface area contributed by atoms with Gasteiger partial charge in [0.2, 0.25) is 11.8 Å². The second-order valence-corrected chi connectivity index (χ2v) is 22.1. The van der Waals surface area contributed by atoms with Crippen LogP contribution in [0.15, 0.2) is 0 Å². The third-order valence-corrected chi connectivity index (χ3v) is 17.6. The van der Waals surface area contributed by atoms with Gasteiger partial charge in [0, 0.05) is 68.7 Å². The first-order valence-electron chi connectivity index (χ1n) is 24.5. The largest absolute Gasteiger partial charge is 0.395 e. The van der Waals surface area contributed by atoms with E-state index in [0.29, 0.717) is 54.1 Å². The van der Waals surface area contributed by atoms with Crippen molar-refractivity contribution in [3.8, 4) is 0 Å². The highest BCUT2D eigenvalue weighted by Gasteiger charge is 2.58. The molecule has 6 saturated carbocycles. The molecule has 1 saturated heterocycles. The van der Waals surface area contributed by atoms with Gasteiger partial charge >= 0.3 is 0 Å². The fourth-order valence-electron chi connectivity index (χ4n) is 14.1. The number of rotatable bonds is 18. The Balaban J connectivity index is 1.15. The number of carbonyl (C=O) groups is 2. The predicted molar refractivity (Wildman–Crippen MR) is 239 cm³/mol. The maximum atomic E-state index is 14.5. The summed E-state index contributed by atoms with van der Waals surface area (Å²) in [4.78, 5) is 42.2. The fourth-order valence-corrected chi connectivity index (χ4v) is 14.1. The molecule has 13 nitrogen and oxygen atoms in total. The normalized spacial score (nSPS) is 40.2. The molecular weight excluding hydrogens is 773 g/mol. The topological polar surface area (TPSA) is 150 Å². The highest BCUT2D eigenvalue weighted by atomic mass is 16.7. The Kier molecular flexibility index (Phi) is 17.1. The van der Waals surface area contributed by atoms with Gasteiger partial charge in [0.1, 0.15) is 12.1 Å². The van der Waals surface area contributed by atoms with Gasteiger partial charge in [0.15, 0.2) is 0 Å². The lowest BCUT2D eigenvalue weighted by molar-refractivity contribution is -0.193. The fraction of sp³-hybridized carbons (Fsp3) is 0.958. The Labute approximate surface area is 369 Å². The minimum Gasteiger partial charge on any atom is -0.395 e. The van der Waals surface area contributed by atoms with E-state index in [-0.39, 0.29) is 67.0 Å². The van der Waals surface area contributed by atoms with E-state index in [1.807, 2.05) is 7.11 Å². The maximum absolute atomic E-state index is 14.5. The number of ether oxygens (including phenoxy) is 1. The van der Waals surface area contributed by atoms with Gasteiger partial charge in [-0.1, -0.05) is 40.0 Å². The van der Waals surface area contributed by atoms with E-state index in [1.165, 1.54) is 19.3 Å². The van der Waals surface area contributed by atoms with Crippen LogP contribution in [-0.2, 0) is 19.2 Å². The molecule has 6 aliphatic carbocycles. The third-order valence-electron chi connectivity index (χ3n) is 17.6. The smallest absolute Gasteiger partial charge is 0.240 e. The molecule has 13 heteroatoms. The summed E-state index contributed by atoms with van der Waals surface area (Å²) in [5.41, 5.74) is 0.306. The molecule has 2 amide bonds. The van der Waals surface area contributed by atoms with Crippen molar-refractivity contribution in [1.82, 2.24) is 30.4 Å². The summed E-state index contributed by atoms with van der Waals surface area (Å²) in [5.74, 6) is 2.07. The molecule has 7 rings (SSSR count). The van der Waals surface area contributed by atoms with Crippen LogP contribution in [-0.4, -0.2) is 171 Å². The average Bonchev–Trinajstić information content (AvgIpc) is 3.59. The van der Waals surface area contributed by atoms with Crippen LogP contribution < -0.4 is 10.6 Å². The summed E-state index contributed by atoms with van der Waals surface area (Å²) in [6.45, 7) is 10.6. The molecule has 0 aromatic rings. The van der Waals surface area contributed by atoms with Crippen LogP contribution in [0.3, 0.4) is 0 Å². The zero-order chi connectivity index (χ0) is 44.3. The van der Waals surface area contributed by atoms with Crippen molar-refractivity contribution in [2.24, 2.45) is 58.7 Å².